The van der Waals surface area contributed by atoms with E-state index in [1.807, 2.05) is 0 Å². The molecule has 0 aliphatic heterocycles. The Labute approximate surface area is 203 Å². The molecule has 2 fully saturated rings. The summed E-state index contributed by atoms with van der Waals surface area (Å²) in [7, 11) is 0. The summed E-state index contributed by atoms with van der Waals surface area (Å²) in [4.78, 5) is 29.8. The van der Waals surface area contributed by atoms with Gasteiger partial charge < -0.3 is 10.4 Å². The summed E-state index contributed by atoms with van der Waals surface area (Å²) in [5.41, 5.74) is 3.40. The number of carboxylic acid groups (broad SMARTS) is 1. The van der Waals surface area contributed by atoms with Gasteiger partial charge in [0, 0.05) is 17.7 Å². The Morgan fingerprint density at radius 1 is 0.971 bits per heavy atom. The molecular weight excluding hydrogens is 447 g/mol. The van der Waals surface area contributed by atoms with Crippen molar-refractivity contribution in [1.82, 2.24) is 19.9 Å². The number of hydrogen-bond donors (Lipinski definition) is 2. The van der Waals surface area contributed by atoms with Gasteiger partial charge in [0.15, 0.2) is 5.65 Å². The van der Waals surface area contributed by atoms with Crippen LogP contribution in [0.1, 0.15) is 86.2 Å². The highest BCUT2D eigenvalue weighted by atomic mass is 19.1. The Morgan fingerprint density at radius 2 is 1.63 bits per heavy atom. The van der Waals surface area contributed by atoms with Crippen molar-refractivity contribution in [3.8, 4) is 11.1 Å². The van der Waals surface area contributed by atoms with Crippen molar-refractivity contribution >= 4 is 17.5 Å². The van der Waals surface area contributed by atoms with Crippen molar-refractivity contribution in [1.29, 1.82) is 0 Å². The number of benzene rings is 1. The summed E-state index contributed by atoms with van der Waals surface area (Å²) in [6.07, 6.45) is 13.4. The number of carbonyl (C=O) groups is 2. The minimum atomic E-state index is -1.00. The van der Waals surface area contributed by atoms with E-state index in [1.54, 1.807) is 22.8 Å². The lowest BCUT2D eigenvalue weighted by Crippen LogP contribution is -2.46. The molecule has 0 radical (unpaired) electrons. The van der Waals surface area contributed by atoms with Gasteiger partial charge in [0.05, 0.1) is 11.9 Å². The molecular formula is C27H31FN4O3. The van der Waals surface area contributed by atoms with Crippen molar-refractivity contribution in [3.05, 3.63) is 53.7 Å². The minimum Gasteiger partial charge on any atom is -0.480 e. The smallest absolute Gasteiger partial charge is 0.326 e. The lowest BCUT2D eigenvalue weighted by molar-refractivity contribution is -0.141. The minimum absolute atomic E-state index is 0.0668. The van der Waals surface area contributed by atoms with E-state index < -0.39 is 17.9 Å². The number of halogens is 1. The molecule has 2 aliphatic rings. The Morgan fingerprint density at radius 3 is 2.29 bits per heavy atom. The summed E-state index contributed by atoms with van der Waals surface area (Å²) in [6, 6.07) is 5.42. The van der Waals surface area contributed by atoms with E-state index in [0.717, 1.165) is 74.6 Å². The molecule has 8 heteroatoms. The first kappa shape index (κ1) is 23.5. The second-order valence-corrected chi connectivity index (χ2v) is 9.88. The van der Waals surface area contributed by atoms with Crippen LogP contribution in [0.4, 0.5) is 4.39 Å². The normalized spacial score (nSPS) is 18.4. The van der Waals surface area contributed by atoms with Crippen molar-refractivity contribution < 1.29 is 19.1 Å². The maximum Gasteiger partial charge on any atom is 0.326 e. The van der Waals surface area contributed by atoms with E-state index in [0.29, 0.717) is 5.65 Å². The van der Waals surface area contributed by atoms with Crippen LogP contribution < -0.4 is 5.32 Å². The summed E-state index contributed by atoms with van der Waals surface area (Å²) >= 11 is 0. The van der Waals surface area contributed by atoms with Gasteiger partial charge in [-0.15, -0.1) is 0 Å². The zero-order valence-electron chi connectivity index (χ0n) is 19.8. The third-order valence-electron chi connectivity index (χ3n) is 7.63. The van der Waals surface area contributed by atoms with E-state index in [2.05, 4.69) is 15.4 Å². The number of carbonyl (C=O) groups excluding carboxylic acids is 1. The van der Waals surface area contributed by atoms with Gasteiger partial charge in [0.2, 0.25) is 0 Å². The fraction of sp³-hybridized carbons (Fsp3) is 0.481. The molecule has 2 N–H and O–H groups in total. The molecule has 35 heavy (non-hydrogen) atoms. The van der Waals surface area contributed by atoms with Crippen LogP contribution in [-0.4, -0.2) is 37.6 Å². The molecule has 7 nitrogen and oxygen atoms in total. The molecule has 5 rings (SSSR count). The third-order valence-corrected chi connectivity index (χ3v) is 7.63. The van der Waals surface area contributed by atoms with E-state index in [9.17, 15) is 19.1 Å². The Kier molecular flexibility index (Phi) is 6.79. The van der Waals surface area contributed by atoms with E-state index in [1.165, 1.54) is 24.8 Å². The van der Waals surface area contributed by atoms with E-state index in [-0.39, 0.29) is 23.2 Å². The van der Waals surface area contributed by atoms with Gasteiger partial charge in [0.1, 0.15) is 17.4 Å². The number of fused-ring (bicyclic) bond motifs is 1. The Bertz CT molecular complexity index is 1210. The highest BCUT2D eigenvalue weighted by molar-refractivity contribution is 6.01. The Hall–Kier alpha value is -3.29. The van der Waals surface area contributed by atoms with Crippen LogP contribution in [-0.2, 0) is 4.79 Å². The second-order valence-electron chi connectivity index (χ2n) is 9.88. The summed E-state index contributed by atoms with van der Waals surface area (Å²) < 4.78 is 15.3. The monoisotopic (exact) mass is 478 g/mol. The lowest BCUT2D eigenvalue weighted by Gasteiger charge is -2.28. The van der Waals surface area contributed by atoms with Crippen molar-refractivity contribution in [2.24, 2.45) is 5.92 Å². The number of amides is 1. The molecule has 2 heterocycles. The van der Waals surface area contributed by atoms with E-state index in [4.69, 9.17) is 0 Å². The predicted octanol–water partition coefficient (Wildman–Crippen LogP) is 5.35. The molecule has 0 saturated heterocycles. The summed E-state index contributed by atoms with van der Waals surface area (Å²) in [5.74, 6) is -1.58. The molecule has 0 bridgehead atoms. The number of nitrogens with zero attached hydrogens (tertiary/aromatic N) is 3. The zero-order chi connectivity index (χ0) is 24.4. The number of carboxylic acids is 1. The van der Waals surface area contributed by atoms with Crippen LogP contribution in [0.25, 0.3) is 16.8 Å². The van der Waals surface area contributed by atoms with Crippen LogP contribution in [0.15, 0.2) is 36.7 Å². The Balaban J connectivity index is 1.52. The number of hydrogen-bond acceptors (Lipinski definition) is 4. The third kappa shape index (κ3) is 4.79. The van der Waals surface area contributed by atoms with Crippen molar-refractivity contribution in [2.75, 3.05) is 0 Å². The van der Waals surface area contributed by atoms with E-state index >= 15 is 0 Å². The number of nitrogens with one attached hydrogen (secondary N) is 1. The lowest BCUT2D eigenvalue weighted by atomic mass is 9.83. The molecule has 2 aliphatic carbocycles. The molecule has 1 atom stereocenters. The van der Waals surface area contributed by atoms with Gasteiger partial charge in [-0.25, -0.2) is 18.7 Å². The topological polar surface area (TPSA) is 96.6 Å². The van der Waals surface area contributed by atoms with Crippen LogP contribution in [0.3, 0.4) is 0 Å². The second kappa shape index (κ2) is 10.1. The van der Waals surface area contributed by atoms with Gasteiger partial charge >= 0.3 is 5.97 Å². The van der Waals surface area contributed by atoms with Crippen molar-refractivity contribution in [2.45, 2.75) is 76.2 Å². The first-order chi connectivity index (χ1) is 17.0. The molecule has 184 valence electrons. The molecule has 2 aromatic heterocycles. The van der Waals surface area contributed by atoms with Crippen LogP contribution >= 0.6 is 0 Å². The van der Waals surface area contributed by atoms with Crippen LogP contribution in [0.5, 0.6) is 0 Å². The van der Waals surface area contributed by atoms with Gasteiger partial charge in [-0.3, -0.25) is 4.79 Å². The summed E-state index contributed by atoms with van der Waals surface area (Å²) in [5, 5.41) is 17.1. The molecule has 0 spiro atoms. The average molecular weight is 479 g/mol. The number of aromatic nitrogens is 3. The van der Waals surface area contributed by atoms with Gasteiger partial charge in [-0.2, -0.15) is 5.10 Å². The molecule has 0 unspecified atom stereocenters. The van der Waals surface area contributed by atoms with Gasteiger partial charge in [-0.05, 0) is 49.3 Å². The maximum absolute atomic E-state index is 13.6. The fourth-order valence-electron chi connectivity index (χ4n) is 5.80. The fourth-order valence-corrected chi connectivity index (χ4v) is 5.80. The first-order valence-corrected chi connectivity index (χ1v) is 12.7. The first-order valence-electron chi connectivity index (χ1n) is 12.7. The number of aliphatic carboxylic acids is 1. The molecule has 1 amide bonds. The molecule has 2 saturated carbocycles. The predicted molar refractivity (Wildman–Crippen MR) is 130 cm³/mol. The summed E-state index contributed by atoms with van der Waals surface area (Å²) in [6.45, 7) is 0. The number of rotatable bonds is 6. The van der Waals surface area contributed by atoms with Crippen LogP contribution in [0, 0.1) is 11.7 Å². The van der Waals surface area contributed by atoms with Gasteiger partial charge in [-0.1, -0.05) is 50.7 Å². The highest BCUT2D eigenvalue weighted by Gasteiger charge is 2.32. The standard InChI is InChI=1S/C27H31FN4O3/c28-20-13-11-17(12-14-20)21-15-29-25-22(16-30-32(25)24(21)19-9-5-2-6-10-19)26(33)31-23(27(34)35)18-7-3-1-4-8-18/h11-16,18-19,23H,1-10H2,(H,31,33)(H,34,35)/t23-/m1/s1. The van der Waals surface area contributed by atoms with Gasteiger partial charge in [0.25, 0.3) is 5.91 Å². The SMILES string of the molecule is O=C(N[C@@H](C(=O)O)C1CCCCC1)c1cnn2c(C3CCCCC3)c(-c3ccc(F)cc3)cnc12. The van der Waals surface area contributed by atoms with Crippen LogP contribution in [0.2, 0.25) is 0 Å². The quantitative estimate of drug-likeness (QED) is 0.498. The largest absolute Gasteiger partial charge is 0.480 e. The maximum atomic E-state index is 13.6. The molecule has 1 aromatic carbocycles. The van der Waals surface area contributed by atoms with Crippen molar-refractivity contribution in [3.63, 3.8) is 0 Å². The highest BCUT2D eigenvalue weighted by Crippen LogP contribution is 2.38. The zero-order valence-corrected chi connectivity index (χ0v) is 19.8. The molecule has 3 aromatic rings. The average Bonchev–Trinajstić information content (AvgIpc) is 3.32.